The number of carboxylic acids is 1. The van der Waals surface area contributed by atoms with Crippen LogP contribution in [0.2, 0.25) is 0 Å². The number of aliphatic carboxylic acids is 1. The molecular weight excluding hydrogens is 192 g/mol. The number of carboxylic acid groups (broad SMARTS) is 1. The second-order valence-electron chi connectivity index (χ2n) is 2.62. The lowest BCUT2D eigenvalue weighted by atomic mass is 10.2. The van der Waals surface area contributed by atoms with Crippen molar-refractivity contribution < 1.29 is 24.5 Å². The fraction of sp³-hybridized carbons (Fsp3) is 0.714. The summed E-state index contributed by atoms with van der Waals surface area (Å²) >= 11 is 0. The first-order valence-corrected chi connectivity index (χ1v) is 4.05. The molecule has 1 amide bonds. The van der Waals surface area contributed by atoms with Crippen molar-refractivity contribution in [1.82, 2.24) is 5.32 Å². The third-order valence-corrected chi connectivity index (χ3v) is 1.31. The minimum Gasteiger partial charge on any atom is -0.481 e. The van der Waals surface area contributed by atoms with Crippen molar-refractivity contribution >= 4 is 12.1 Å². The van der Waals surface area contributed by atoms with Crippen LogP contribution in [0.3, 0.4) is 0 Å². The van der Waals surface area contributed by atoms with Crippen molar-refractivity contribution in [1.29, 1.82) is 0 Å². The molecule has 0 saturated carbocycles. The van der Waals surface area contributed by atoms with Gasteiger partial charge in [0.05, 0.1) is 12.5 Å². The van der Waals surface area contributed by atoms with Gasteiger partial charge in [0.25, 0.3) is 0 Å². The van der Waals surface area contributed by atoms with Crippen molar-refractivity contribution in [3.8, 4) is 0 Å². The second kappa shape index (κ2) is 7.10. The molecule has 7 heteroatoms. The molecule has 0 saturated heterocycles. The number of rotatable bonds is 7. The van der Waals surface area contributed by atoms with Gasteiger partial charge in [0.15, 0.2) is 0 Å². The van der Waals surface area contributed by atoms with Gasteiger partial charge in [-0.1, -0.05) is 0 Å². The van der Waals surface area contributed by atoms with Crippen LogP contribution in [0.4, 0.5) is 4.79 Å². The van der Waals surface area contributed by atoms with E-state index in [0.717, 1.165) is 0 Å². The highest BCUT2D eigenvalue weighted by Crippen LogP contribution is 1.88. The zero-order valence-electron chi connectivity index (χ0n) is 7.60. The first kappa shape index (κ1) is 12.7. The Bertz CT molecular complexity index is 197. The van der Waals surface area contributed by atoms with Gasteiger partial charge >= 0.3 is 12.1 Å². The first-order valence-electron chi connectivity index (χ1n) is 4.05. The van der Waals surface area contributed by atoms with Crippen molar-refractivity contribution in [3.05, 3.63) is 0 Å². The molecule has 0 fully saturated rings. The molecule has 0 aromatic heterocycles. The lowest BCUT2D eigenvalue weighted by molar-refractivity contribution is -0.139. The molecule has 1 atom stereocenters. The molecule has 0 spiro atoms. The maximum Gasteiger partial charge on any atom is 0.404 e. The molecule has 0 aliphatic rings. The standard InChI is InChI=1S/C7H14N2O5/c8-7(13)14-2-1-9-4-5(10)3-6(11)12/h5,9-10H,1-4H2,(H2,8,13)(H,11,12). The number of nitrogens with two attached hydrogens (primary N) is 1. The van der Waals surface area contributed by atoms with Gasteiger partial charge in [0.2, 0.25) is 0 Å². The second-order valence-corrected chi connectivity index (χ2v) is 2.62. The molecule has 14 heavy (non-hydrogen) atoms. The number of primary amides is 1. The molecule has 0 heterocycles. The average molecular weight is 206 g/mol. The van der Waals surface area contributed by atoms with E-state index in [1.54, 1.807) is 0 Å². The van der Waals surface area contributed by atoms with E-state index in [1.807, 2.05) is 0 Å². The Kier molecular flexibility index (Phi) is 6.42. The van der Waals surface area contributed by atoms with E-state index in [9.17, 15) is 9.59 Å². The normalized spacial score (nSPS) is 12.1. The lowest BCUT2D eigenvalue weighted by Gasteiger charge is -2.08. The lowest BCUT2D eigenvalue weighted by Crippen LogP contribution is -2.31. The summed E-state index contributed by atoms with van der Waals surface area (Å²) in [5.41, 5.74) is 4.68. The SMILES string of the molecule is NC(=O)OCCNCC(O)CC(=O)O. The fourth-order valence-corrected chi connectivity index (χ4v) is 0.766. The Labute approximate surface area is 80.8 Å². The summed E-state index contributed by atoms with van der Waals surface area (Å²) in [4.78, 5) is 20.2. The van der Waals surface area contributed by atoms with Gasteiger partial charge in [0.1, 0.15) is 6.61 Å². The highest BCUT2D eigenvalue weighted by molar-refractivity contribution is 5.67. The van der Waals surface area contributed by atoms with Crippen LogP contribution >= 0.6 is 0 Å². The summed E-state index contributed by atoms with van der Waals surface area (Å²) in [6.07, 6.45) is -2.12. The van der Waals surface area contributed by atoms with E-state index < -0.39 is 18.2 Å². The van der Waals surface area contributed by atoms with E-state index in [2.05, 4.69) is 15.8 Å². The van der Waals surface area contributed by atoms with Crippen LogP contribution in [0, 0.1) is 0 Å². The van der Waals surface area contributed by atoms with Crippen molar-refractivity contribution in [2.75, 3.05) is 19.7 Å². The van der Waals surface area contributed by atoms with Gasteiger partial charge in [-0.3, -0.25) is 4.79 Å². The zero-order chi connectivity index (χ0) is 11.0. The Morgan fingerprint density at radius 3 is 2.64 bits per heavy atom. The Hall–Kier alpha value is -1.34. The van der Waals surface area contributed by atoms with Crippen LogP contribution in [0.15, 0.2) is 0 Å². The number of nitrogens with one attached hydrogen (secondary N) is 1. The maximum atomic E-state index is 10.1. The number of carbonyl (C=O) groups excluding carboxylic acids is 1. The minimum absolute atomic E-state index is 0.0924. The van der Waals surface area contributed by atoms with Crippen molar-refractivity contribution in [2.45, 2.75) is 12.5 Å². The third kappa shape index (κ3) is 8.75. The van der Waals surface area contributed by atoms with E-state index in [4.69, 9.17) is 10.2 Å². The Morgan fingerprint density at radius 2 is 2.14 bits per heavy atom. The number of ether oxygens (including phenoxy) is 1. The number of carbonyl (C=O) groups is 2. The first-order chi connectivity index (χ1) is 6.52. The van der Waals surface area contributed by atoms with Crippen molar-refractivity contribution in [2.24, 2.45) is 5.73 Å². The third-order valence-electron chi connectivity index (χ3n) is 1.31. The molecule has 0 aliphatic carbocycles. The number of hydrogen-bond acceptors (Lipinski definition) is 5. The maximum absolute atomic E-state index is 10.1. The number of hydrogen-bond donors (Lipinski definition) is 4. The summed E-state index contributed by atoms with van der Waals surface area (Å²) in [5.74, 6) is -1.06. The van der Waals surface area contributed by atoms with Gasteiger partial charge in [-0.2, -0.15) is 0 Å². The van der Waals surface area contributed by atoms with Gasteiger partial charge < -0.3 is 26.0 Å². The molecule has 5 N–H and O–H groups in total. The van der Waals surface area contributed by atoms with Crippen LogP contribution in [0.1, 0.15) is 6.42 Å². The van der Waals surface area contributed by atoms with Crippen LogP contribution in [0.25, 0.3) is 0 Å². The summed E-state index contributed by atoms with van der Waals surface area (Å²) in [7, 11) is 0. The number of amides is 1. The molecule has 0 radical (unpaired) electrons. The summed E-state index contributed by atoms with van der Waals surface area (Å²) < 4.78 is 4.38. The molecule has 0 aromatic rings. The largest absolute Gasteiger partial charge is 0.481 e. The van der Waals surface area contributed by atoms with Crippen LogP contribution in [-0.2, 0) is 9.53 Å². The highest BCUT2D eigenvalue weighted by atomic mass is 16.5. The predicted molar refractivity (Wildman–Crippen MR) is 46.7 cm³/mol. The van der Waals surface area contributed by atoms with Crippen LogP contribution < -0.4 is 11.1 Å². The van der Waals surface area contributed by atoms with E-state index in [0.29, 0.717) is 6.54 Å². The summed E-state index contributed by atoms with van der Waals surface area (Å²) in [5, 5.41) is 20.0. The highest BCUT2D eigenvalue weighted by Gasteiger charge is 2.08. The molecular formula is C7H14N2O5. The monoisotopic (exact) mass is 206 g/mol. The molecule has 82 valence electrons. The van der Waals surface area contributed by atoms with E-state index in [1.165, 1.54) is 0 Å². The van der Waals surface area contributed by atoms with Gasteiger partial charge in [-0.05, 0) is 0 Å². The van der Waals surface area contributed by atoms with Crippen molar-refractivity contribution in [3.63, 3.8) is 0 Å². The molecule has 1 unspecified atom stereocenters. The predicted octanol–water partition coefficient (Wildman–Crippen LogP) is -1.49. The number of aliphatic hydroxyl groups excluding tert-OH is 1. The van der Waals surface area contributed by atoms with Crippen LogP contribution in [-0.4, -0.2) is 48.1 Å². The fourth-order valence-electron chi connectivity index (χ4n) is 0.766. The van der Waals surface area contributed by atoms with Crippen LogP contribution in [0.5, 0.6) is 0 Å². The Balaban J connectivity index is 3.27. The van der Waals surface area contributed by atoms with E-state index >= 15 is 0 Å². The zero-order valence-corrected chi connectivity index (χ0v) is 7.60. The molecule has 7 nitrogen and oxygen atoms in total. The van der Waals surface area contributed by atoms with Gasteiger partial charge in [0, 0.05) is 13.1 Å². The molecule has 0 aromatic carbocycles. The summed E-state index contributed by atoms with van der Waals surface area (Å²) in [6.45, 7) is 0.545. The summed E-state index contributed by atoms with van der Waals surface area (Å²) in [6, 6.07) is 0. The van der Waals surface area contributed by atoms with E-state index in [-0.39, 0.29) is 19.6 Å². The average Bonchev–Trinajstić information content (AvgIpc) is 2.01. The minimum atomic E-state index is -1.06. The number of aliphatic hydroxyl groups is 1. The molecule has 0 aliphatic heterocycles. The molecule has 0 rings (SSSR count). The quantitative estimate of drug-likeness (QED) is 0.376. The van der Waals surface area contributed by atoms with Gasteiger partial charge in [-0.25, -0.2) is 4.79 Å². The van der Waals surface area contributed by atoms with Gasteiger partial charge in [-0.15, -0.1) is 0 Å². The molecule has 0 bridgehead atoms. The topological polar surface area (TPSA) is 122 Å². The smallest absolute Gasteiger partial charge is 0.404 e. The Morgan fingerprint density at radius 1 is 1.50 bits per heavy atom.